The Bertz CT molecular complexity index is 513. The first-order valence-corrected chi connectivity index (χ1v) is 4.09. The Morgan fingerprint density at radius 2 is 1.93 bits per heavy atom. The number of aryl methyl sites for hydroxylation is 1. The number of alkyl halides is 3. The third kappa shape index (κ3) is 1.55. The van der Waals surface area contributed by atoms with Crippen LogP contribution in [-0.2, 0) is 13.2 Å². The number of fused-ring (bicyclic) bond motifs is 1. The van der Waals surface area contributed by atoms with Gasteiger partial charge in [0.15, 0.2) is 5.69 Å². The highest BCUT2D eigenvalue weighted by Gasteiger charge is 2.36. The predicted octanol–water partition coefficient (Wildman–Crippen LogP) is 2.73. The summed E-state index contributed by atoms with van der Waals surface area (Å²) in [6.07, 6.45) is -4.56. The van der Waals surface area contributed by atoms with Gasteiger partial charge in [-0.25, -0.2) is 4.39 Å². The first kappa shape index (κ1) is 9.95. The van der Waals surface area contributed by atoms with Gasteiger partial charge < -0.3 is 0 Å². The minimum absolute atomic E-state index is 0.218. The standard InChI is InChI=1S/C9H6F4N2/c1-15-7-3-2-5(10)4-6(7)8(14-15)9(11,12)13/h2-4H,1H3. The van der Waals surface area contributed by atoms with Gasteiger partial charge in [0.05, 0.1) is 5.52 Å². The van der Waals surface area contributed by atoms with E-state index in [1.165, 1.54) is 13.1 Å². The molecule has 0 saturated heterocycles. The van der Waals surface area contributed by atoms with Crippen LogP contribution in [0.4, 0.5) is 17.6 Å². The molecule has 0 spiro atoms. The lowest BCUT2D eigenvalue weighted by Gasteiger charge is -2.01. The first-order valence-electron chi connectivity index (χ1n) is 4.09. The third-order valence-corrected chi connectivity index (χ3v) is 2.08. The maximum Gasteiger partial charge on any atom is 0.435 e. The average molecular weight is 218 g/mol. The van der Waals surface area contributed by atoms with Gasteiger partial charge in [-0.3, -0.25) is 4.68 Å². The van der Waals surface area contributed by atoms with Gasteiger partial charge in [-0.1, -0.05) is 0 Å². The number of nitrogens with zero attached hydrogens (tertiary/aromatic N) is 2. The Morgan fingerprint density at radius 1 is 1.27 bits per heavy atom. The summed E-state index contributed by atoms with van der Waals surface area (Å²) in [7, 11) is 1.38. The fraction of sp³-hybridized carbons (Fsp3) is 0.222. The zero-order valence-corrected chi connectivity index (χ0v) is 7.64. The summed E-state index contributed by atoms with van der Waals surface area (Å²) in [6, 6.07) is 3.21. The Morgan fingerprint density at radius 3 is 2.53 bits per heavy atom. The second-order valence-electron chi connectivity index (χ2n) is 3.13. The number of hydrogen-bond acceptors (Lipinski definition) is 1. The number of rotatable bonds is 0. The van der Waals surface area contributed by atoms with Crippen LogP contribution in [0.1, 0.15) is 5.69 Å². The quantitative estimate of drug-likeness (QED) is 0.621. The maximum absolute atomic E-state index is 12.8. The van der Waals surface area contributed by atoms with E-state index >= 15 is 0 Å². The van der Waals surface area contributed by atoms with Crippen molar-refractivity contribution in [1.82, 2.24) is 9.78 Å². The maximum atomic E-state index is 12.8. The zero-order chi connectivity index (χ0) is 11.2. The highest BCUT2D eigenvalue weighted by molar-refractivity contribution is 5.82. The van der Waals surface area contributed by atoms with Crippen molar-refractivity contribution in [3.8, 4) is 0 Å². The van der Waals surface area contributed by atoms with Gasteiger partial charge in [0, 0.05) is 12.4 Å². The zero-order valence-electron chi connectivity index (χ0n) is 7.64. The van der Waals surface area contributed by atoms with Crippen LogP contribution in [0.15, 0.2) is 18.2 Å². The summed E-state index contributed by atoms with van der Waals surface area (Å²) < 4.78 is 51.3. The molecule has 0 saturated carbocycles. The van der Waals surface area contributed by atoms with Crippen molar-refractivity contribution in [1.29, 1.82) is 0 Å². The van der Waals surface area contributed by atoms with E-state index in [0.717, 1.165) is 16.8 Å². The molecule has 0 amide bonds. The lowest BCUT2D eigenvalue weighted by atomic mass is 10.2. The molecule has 0 fully saturated rings. The minimum Gasteiger partial charge on any atom is -0.267 e. The van der Waals surface area contributed by atoms with Gasteiger partial charge >= 0.3 is 6.18 Å². The van der Waals surface area contributed by atoms with Crippen molar-refractivity contribution in [2.45, 2.75) is 6.18 Å². The van der Waals surface area contributed by atoms with Gasteiger partial charge in [-0.15, -0.1) is 0 Å². The molecular formula is C9H6F4N2. The topological polar surface area (TPSA) is 17.8 Å². The summed E-state index contributed by atoms with van der Waals surface area (Å²) in [4.78, 5) is 0. The number of hydrogen-bond donors (Lipinski definition) is 0. The molecule has 2 rings (SSSR count). The summed E-state index contributed by atoms with van der Waals surface area (Å²) in [5.41, 5.74) is -0.803. The second-order valence-corrected chi connectivity index (χ2v) is 3.13. The van der Waals surface area contributed by atoms with E-state index in [0.29, 0.717) is 0 Å². The molecule has 2 nitrogen and oxygen atoms in total. The van der Waals surface area contributed by atoms with Crippen LogP contribution in [0.2, 0.25) is 0 Å². The van der Waals surface area contributed by atoms with E-state index in [1.54, 1.807) is 0 Å². The second kappa shape index (κ2) is 2.95. The highest BCUT2D eigenvalue weighted by atomic mass is 19.4. The fourth-order valence-electron chi connectivity index (χ4n) is 1.45. The number of aromatic nitrogens is 2. The van der Waals surface area contributed by atoms with Gasteiger partial charge in [0.25, 0.3) is 0 Å². The molecule has 0 unspecified atom stereocenters. The monoisotopic (exact) mass is 218 g/mol. The van der Waals surface area contributed by atoms with Crippen molar-refractivity contribution in [2.75, 3.05) is 0 Å². The van der Waals surface area contributed by atoms with Crippen LogP contribution in [0.3, 0.4) is 0 Å². The van der Waals surface area contributed by atoms with Crippen LogP contribution in [0.25, 0.3) is 10.9 Å². The molecule has 1 aromatic heterocycles. The summed E-state index contributed by atoms with van der Waals surface area (Å²) in [6.45, 7) is 0. The van der Waals surface area contributed by atoms with E-state index in [1.807, 2.05) is 0 Å². The molecule has 0 aliphatic carbocycles. The SMILES string of the molecule is Cn1nc(C(F)(F)F)c2cc(F)ccc21. The Kier molecular flexibility index (Phi) is 1.95. The molecule has 15 heavy (non-hydrogen) atoms. The van der Waals surface area contributed by atoms with Crippen molar-refractivity contribution in [2.24, 2.45) is 7.05 Å². The molecule has 0 bridgehead atoms. The van der Waals surface area contributed by atoms with Gasteiger partial charge in [-0.2, -0.15) is 18.3 Å². The molecule has 0 N–H and O–H groups in total. The number of halogens is 4. The van der Waals surface area contributed by atoms with Crippen LogP contribution >= 0.6 is 0 Å². The lowest BCUT2D eigenvalue weighted by molar-refractivity contribution is -0.140. The summed E-state index contributed by atoms with van der Waals surface area (Å²) >= 11 is 0. The van der Waals surface area contributed by atoms with Gasteiger partial charge in [0.1, 0.15) is 5.82 Å². The van der Waals surface area contributed by atoms with Gasteiger partial charge in [-0.05, 0) is 18.2 Å². The normalized spacial score (nSPS) is 12.3. The number of benzene rings is 1. The Hall–Kier alpha value is -1.59. The highest BCUT2D eigenvalue weighted by Crippen LogP contribution is 2.33. The van der Waals surface area contributed by atoms with Crippen LogP contribution < -0.4 is 0 Å². The fourth-order valence-corrected chi connectivity index (χ4v) is 1.45. The van der Waals surface area contributed by atoms with Crippen molar-refractivity contribution < 1.29 is 17.6 Å². The minimum atomic E-state index is -4.56. The van der Waals surface area contributed by atoms with E-state index in [2.05, 4.69) is 5.10 Å². The molecule has 80 valence electrons. The van der Waals surface area contributed by atoms with Crippen LogP contribution in [-0.4, -0.2) is 9.78 Å². The molecule has 0 atom stereocenters. The third-order valence-electron chi connectivity index (χ3n) is 2.08. The smallest absolute Gasteiger partial charge is 0.267 e. The largest absolute Gasteiger partial charge is 0.435 e. The van der Waals surface area contributed by atoms with E-state index in [4.69, 9.17) is 0 Å². The van der Waals surface area contributed by atoms with E-state index in [9.17, 15) is 17.6 Å². The van der Waals surface area contributed by atoms with Crippen LogP contribution in [0.5, 0.6) is 0 Å². The Labute approximate surface area is 82.1 Å². The van der Waals surface area contributed by atoms with Crippen molar-refractivity contribution in [3.05, 3.63) is 29.7 Å². The van der Waals surface area contributed by atoms with Gasteiger partial charge in [0.2, 0.25) is 0 Å². The van der Waals surface area contributed by atoms with Crippen LogP contribution in [0, 0.1) is 5.82 Å². The van der Waals surface area contributed by atoms with Crippen molar-refractivity contribution in [3.63, 3.8) is 0 Å². The Balaban J connectivity index is 2.81. The van der Waals surface area contributed by atoms with E-state index < -0.39 is 17.7 Å². The molecule has 1 aromatic carbocycles. The lowest BCUT2D eigenvalue weighted by Crippen LogP contribution is -2.07. The summed E-state index contributed by atoms with van der Waals surface area (Å²) in [5, 5.41) is 3.11. The van der Waals surface area contributed by atoms with Crippen molar-refractivity contribution >= 4 is 10.9 Å². The molecule has 6 heteroatoms. The first-order chi connectivity index (χ1) is 6.89. The molecular weight excluding hydrogens is 212 g/mol. The molecule has 1 heterocycles. The average Bonchev–Trinajstić information content (AvgIpc) is 2.42. The predicted molar refractivity (Wildman–Crippen MR) is 45.7 cm³/mol. The molecule has 2 aromatic rings. The molecule has 0 radical (unpaired) electrons. The summed E-state index contributed by atoms with van der Waals surface area (Å²) in [5.74, 6) is -0.707. The molecule has 0 aliphatic heterocycles. The molecule has 0 aliphatic rings. The van der Waals surface area contributed by atoms with E-state index in [-0.39, 0.29) is 10.9 Å².